The number of aromatic nitrogens is 2. The van der Waals surface area contributed by atoms with Crippen LogP contribution >= 0.6 is 0 Å². The van der Waals surface area contributed by atoms with Gasteiger partial charge in [0.25, 0.3) is 10.0 Å². The summed E-state index contributed by atoms with van der Waals surface area (Å²) in [6, 6.07) is 5.62. The first kappa shape index (κ1) is 12.3. The van der Waals surface area contributed by atoms with Gasteiger partial charge in [0.15, 0.2) is 0 Å². The number of anilines is 1. The van der Waals surface area contributed by atoms with Crippen molar-refractivity contribution in [1.29, 1.82) is 0 Å². The smallest absolute Gasteiger partial charge is 0.265 e. The first-order valence-corrected chi connectivity index (χ1v) is 6.53. The van der Waals surface area contributed by atoms with Crippen molar-refractivity contribution in [2.24, 2.45) is 0 Å². The third-order valence-electron chi connectivity index (χ3n) is 2.44. The number of hydrogen-bond donors (Lipinski definition) is 1. The van der Waals surface area contributed by atoms with E-state index in [4.69, 9.17) is 0 Å². The normalized spacial score (nSPS) is 11.2. The maximum Gasteiger partial charge on any atom is 0.265 e. The number of nitrogens with one attached hydrogen (secondary N) is 1. The molecule has 0 atom stereocenters. The van der Waals surface area contributed by atoms with Crippen LogP contribution in [0.15, 0.2) is 52.5 Å². The van der Waals surface area contributed by atoms with E-state index < -0.39 is 10.0 Å². The van der Waals surface area contributed by atoms with E-state index in [1.54, 1.807) is 12.1 Å². The zero-order chi connectivity index (χ0) is 13.2. The summed E-state index contributed by atoms with van der Waals surface area (Å²) in [6.45, 7) is 0. The van der Waals surface area contributed by atoms with Crippen LogP contribution in [0.25, 0.3) is 0 Å². The summed E-state index contributed by atoms with van der Waals surface area (Å²) in [4.78, 5) is 17.1. The summed E-state index contributed by atoms with van der Waals surface area (Å²) in [5.74, 6) is 0. The SMILES string of the molecule is CN(c1ccncc1)S(=O)(=O)c1ccc(=O)[nH]c1. The molecule has 0 amide bonds. The van der Waals surface area contributed by atoms with E-state index in [0.29, 0.717) is 5.69 Å². The molecule has 2 heterocycles. The second kappa shape index (κ2) is 4.61. The Bertz CT molecular complexity index is 674. The molecule has 0 saturated heterocycles. The predicted octanol–water partition coefficient (Wildman–Crippen LogP) is 0.595. The molecule has 2 aromatic heterocycles. The Morgan fingerprint density at radius 2 is 1.83 bits per heavy atom. The van der Waals surface area contributed by atoms with Gasteiger partial charge < -0.3 is 4.98 Å². The molecule has 18 heavy (non-hydrogen) atoms. The van der Waals surface area contributed by atoms with Crippen LogP contribution in [0.5, 0.6) is 0 Å². The summed E-state index contributed by atoms with van der Waals surface area (Å²) in [5.41, 5.74) is 0.150. The van der Waals surface area contributed by atoms with Crippen molar-refractivity contribution in [3.63, 3.8) is 0 Å². The Hall–Kier alpha value is -2.15. The second-order valence-electron chi connectivity index (χ2n) is 3.57. The number of pyridine rings is 2. The van der Waals surface area contributed by atoms with Gasteiger partial charge in [-0.3, -0.25) is 14.1 Å². The van der Waals surface area contributed by atoms with Crippen LogP contribution in [0, 0.1) is 0 Å². The monoisotopic (exact) mass is 265 g/mol. The molecule has 0 saturated carbocycles. The molecule has 0 aliphatic heterocycles. The van der Waals surface area contributed by atoms with Crippen molar-refractivity contribution in [1.82, 2.24) is 9.97 Å². The average Bonchev–Trinajstić information content (AvgIpc) is 2.39. The lowest BCUT2D eigenvalue weighted by Crippen LogP contribution is -2.27. The molecule has 2 aromatic rings. The fourth-order valence-corrected chi connectivity index (χ4v) is 2.57. The Balaban J connectivity index is 2.43. The zero-order valence-corrected chi connectivity index (χ0v) is 10.4. The van der Waals surface area contributed by atoms with Crippen molar-refractivity contribution in [3.8, 4) is 0 Å². The van der Waals surface area contributed by atoms with Crippen LogP contribution in [-0.4, -0.2) is 25.4 Å². The van der Waals surface area contributed by atoms with Crippen molar-refractivity contribution >= 4 is 15.7 Å². The zero-order valence-electron chi connectivity index (χ0n) is 9.57. The maximum absolute atomic E-state index is 12.2. The van der Waals surface area contributed by atoms with Gasteiger partial charge in [-0.2, -0.15) is 0 Å². The molecule has 0 aliphatic rings. The fraction of sp³-hybridized carbons (Fsp3) is 0.0909. The Morgan fingerprint density at radius 3 is 2.39 bits per heavy atom. The summed E-state index contributed by atoms with van der Waals surface area (Å²) in [5, 5.41) is 0. The molecular formula is C11H11N3O3S. The summed E-state index contributed by atoms with van der Waals surface area (Å²) in [6.07, 6.45) is 4.19. The lowest BCUT2D eigenvalue weighted by molar-refractivity contribution is 0.594. The van der Waals surface area contributed by atoms with E-state index in [2.05, 4.69) is 9.97 Å². The molecule has 7 heteroatoms. The van der Waals surface area contributed by atoms with Crippen LogP contribution in [-0.2, 0) is 10.0 Å². The third kappa shape index (κ3) is 2.25. The van der Waals surface area contributed by atoms with Crippen LogP contribution in [0.3, 0.4) is 0 Å². The van der Waals surface area contributed by atoms with Gasteiger partial charge in [0.05, 0.1) is 5.69 Å². The van der Waals surface area contributed by atoms with Gasteiger partial charge in [-0.05, 0) is 18.2 Å². The minimum absolute atomic E-state index is 0.0291. The van der Waals surface area contributed by atoms with Gasteiger partial charge in [-0.1, -0.05) is 0 Å². The number of nitrogens with zero attached hydrogens (tertiary/aromatic N) is 2. The molecule has 0 aliphatic carbocycles. The van der Waals surface area contributed by atoms with Crippen molar-refractivity contribution in [2.75, 3.05) is 11.4 Å². The largest absolute Gasteiger partial charge is 0.328 e. The summed E-state index contributed by atoms with van der Waals surface area (Å²) >= 11 is 0. The Kier molecular flexibility index (Phi) is 3.15. The molecular weight excluding hydrogens is 254 g/mol. The molecule has 2 rings (SSSR count). The van der Waals surface area contributed by atoms with Crippen LogP contribution in [0.1, 0.15) is 0 Å². The average molecular weight is 265 g/mol. The molecule has 6 nitrogen and oxygen atoms in total. The van der Waals surface area contributed by atoms with E-state index in [9.17, 15) is 13.2 Å². The highest BCUT2D eigenvalue weighted by molar-refractivity contribution is 7.92. The topological polar surface area (TPSA) is 83.1 Å². The predicted molar refractivity (Wildman–Crippen MR) is 66.9 cm³/mol. The van der Waals surface area contributed by atoms with Gasteiger partial charge >= 0.3 is 0 Å². The van der Waals surface area contributed by atoms with Crippen molar-refractivity contribution < 1.29 is 8.42 Å². The second-order valence-corrected chi connectivity index (χ2v) is 5.54. The highest BCUT2D eigenvalue weighted by Gasteiger charge is 2.21. The minimum atomic E-state index is -3.67. The lowest BCUT2D eigenvalue weighted by Gasteiger charge is -2.18. The molecule has 94 valence electrons. The fourth-order valence-electron chi connectivity index (χ4n) is 1.41. The molecule has 0 unspecified atom stereocenters. The Morgan fingerprint density at radius 1 is 1.17 bits per heavy atom. The van der Waals surface area contributed by atoms with Crippen LogP contribution < -0.4 is 9.86 Å². The molecule has 1 N–H and O–H groups in total. The standard InChI is InChI=1S/C11H11N3O3S/c1-14(9-4-6-12-7-5-9)18(16,17)10-2-3-11(15)13-8-10/h2-8H,1H3,(H,13,15). The summed E-state index contributed by atoms with van der Waals surface area (Å²) < 4.78 is 25.6. The van der Waals surface area contributed by atoms with E-state index in [-0.39, 0.29) is 10.5 Å². The van der Waals surface area contributed by atoms with Gasteiger partial charge in [-0.15, -0.1) is 0 Å². The van der Waals surface area contributed by atoms with E-state index in [1.165, 1.54) is 37.8 Å². The first-order chi connectivity index (χ1) is 8.51. The van der Waals surface area contributed by atoms with Crippen LogP contribution in [0.2, 0.25) is 0 Å². The van der Waals surface area contributed by atoms with Crippen LogP contribution in [0.4, 0.5) is 5.69 Å². The number of hydrogen-bond acceptors (Lipinski definition) is 4. The highest BCUT2D eigenvalue weighted by Crippen LogP contribution is 2.19. The molecule has 0 fully saturated rings. The van der Waals surface area contributed by atoms with Gasteiger partial charge in [0, 0.05) is 31.7 Å². The lowest BCUT2D eigenvalue weighted by atomic mass is 10.4. The maximum atomic E-state index is 12.2. The van der Waals surface area contributed by atoms with Crippen molar-refractivity contribution in [3.05, 3.63) is 53.2 Å². The number of sulfonamides is 1. The minimum Gasteiger partial charge on any atom is -0.328 e. The molecule has 0 bridgehead atoms. The molecule has 0 aromatic carbocycles. The summed E-state index contributed by atoms with van der Waals surface area (Å²) in [7, 11) is -2.23. The molecule has 0 spiro atoms. The highest BCUT2D eigenvalue weighted by atomic mass is 32.2. The number of rotatable bonds is 3. The van der Waals surface area contributed by atoms with E-state index in [0.717, 1.165) is 4.31 Å². The van der Waals surface area contributed by atoms with Crippen molar-refractivity contribution in [2.45, 2.75) is 4.90 Å². The van der Waals surface area contributed by atoms with Gasteiger partial charge in [0.2, 0.25) is 5.56 Å². The quantitative estimate of drug-likeness (QED) is 0.880. The van der Waals surface area contributed by atoms with Gasteiger partial charge in [-0.25, -0.2) is 8.42 Å². The Labute approximate surface area is 104 Å². The first-order valence-electron chi connectivity index (χ1n) is 5.09. The van der Waals surface area contributed by atoms with Gasteiger partial charge in [0.1, 0.15) is 4.90 Å². The third-order valence-corrected chi connectivity index (χ3v) is 4.22. The number of aromatic amines is 1. The number of H-pyrrole nitrogens is 1. The van der Waals surface area contributed by atoms with E-state index in [1.807, 2.05) is 0 Å². The molecule has 0 radical (unpaired) electrons. The van der Waals surface area contributed by atoms with E-state index >= 15 is 0 Å².